The van der Waals surface area contributed by atoms with E-state index in [0.717, 1.165) is 10.5 Å². The van der Waals surface area contributed by atoms with Crippen LogP contribution >= 0.6 is 0 Å². The van der Waals surface area contributed by atoms with Gasteiger partial charge in [0.1, 0.15) is 11.5 Å². The summed E-state index contributed by atoms with van der Waals surface area (Å²) in [6, 6.07) is 12.0. The van der Waals surface area contributed by atoms with Crippen LogP contribution in [0.1, 0.15) is 5.56 Å². The predicted molar refractivity (Wildman–Crippen MR) is 85.1 cm³/mol. The summed E-state index contributed by atoms with van der Waals surface area (Å²) in [5.41, 5.74) is 1.24. The van der Waals surface area contributed by atoms with Crippen molar-refractivity contribution in [3.8, 4) is 17.2 Å². The highest BCUT2D eigenvalue weighted by atomic mass is 16.5. The fourth-order valence-electron chi connectivity index (χ4n) is 2.39. The summed E-state index contributed by atoms with van der Waals surface area (Å²) in [5.74, 6) is 1.38. The number of benzene rings is 2. The number of carbonyl (C=O) groups excluding carboxylic acids is 2. The van der Waals surface area contributed by atoms with Crippen molar-refractivity contribution in [3.05, 3.63) is 48.0 Å². The molecular weight excluding hydrogens is 296 g/mol. The van der Waals surface area contributed by atoms with E-state index in [2.05, 4.69) is 5.32 Å². The molecule has 3 rings (SSSR count). The standard InChI is InChI=1S/C17H16N2O4/c1-11-5-3-8-14(19-15(20)10-18-17(19)21)16(11)23-13-7-4-6-12(9-13)22-2/h3-9H,10H2,1-2H3,(H,18,21). The molecule has 6 heteroatoms. The minimum absolute atomic E-state index is 0.00856. The van der Waals surface area contributed by atoms with Crippen molar-refractivity contribution >= 4 is 17.6 Å². The molecule has 1 aliphatic rings. The van der Waals surface area contributed by atoms with Gasteiger partial charge in [0, 0.05) is 6.07 Å². The van der Waals surface area contributed by atoms with E-state index in [4.69, 9.17) is 9.47 Å². The van der Waals surface area contributed by atoms with Crippen molar-refractivity contribution < 1.29 is 19.1 Å². The summed E-state index contributed by atoms with van der Waals surface area (Å²) in [7, 11) is 1.57. The van der Waals surface area contributed by atoms with Gasteiger partial charge in [-0.3, -0.25) is 4.79 Å². The number of carbonyl (C=O) groups is 2. The number of hydrogen-bond donors (Lipinski definition) is 1. The molecule has 0 aromatic heterocycles. The van der Waals surface area contributed by atoms with Gasteiger partial charge in [-0.25, -0.2) is 9.69 Å². The molecule has 0 atom stereocenters. The number of nitrogens with one attached hydrogen (secondary N) is 1. The molecule has 1 saturated heterocycles. The fourth-order valence-corrected chi connectivity index (χ4v) is 2.39. The molecule has 23 heavy (non-hydrogen) atoms. The van der Waals surface area contributed by atoms with Crippen molar-refractivity contribution in [2.75, 3.05) is 18.6 Å². The molecule has 0 saturated carbocycles. The number of amides is 3. The first-order valence-corrected chi connectivity index (χ1v) is 7.12. The quantitative estimate of drug-likeness (QED) is 0.882. The van der Waals surface area contributed by atoms with Crippen molar-refractivity contribution in [1.82, 2.24) is 5.32 Å². The summed E-state index contributed by atoms with van der Waals surface area (Å²) in [5, 5.41) is 2.51. The summed E-state index contributed by atoms with van der Waals surface area (Å²) in [6.45, 7) is 1.85. The van der Waals surface area contributed by atoms with Crippen LogP contribution in [-0.2, 0) is 4.79 Å². The summed E-state index contributed by atoms with van der Waals surface area (Å²) in [4.78, 5) is 25.0. The first-order chi connectivity index (χ1) is 11.1. The van der Waals surface area contributed by atoms with Crippen LogP contribution < -0.4 is 19.7 Å². The lowest BCUT2D eigenvalue weighted by molar-refractivity contribution is -0.115. The van der Waals surface area contributed by atoms with Crippen LogP contribution in [0.25, 0.3) is 0 Å². The average Bonchev–Trinajstić information content (AvgIpc) is 2.88. The molecule has 0 aliphatic carbocycles. The lowest BCUT2D eigenvalue weighted by Crippen LogP contribution is -2.31. The first kappa shape index (κ1) is 14.9. The third kappa shape index (κ3) is 2.83. The zero-order valence-corrected chi connectivity index (χ0v) is 12.8. The van der Waals surface area contributed by atoms with Crippen LogP contribution in [0.2, 0.25) is 0 Å². The Morgan fingerprint density at radius 3 is 2.52 bits per heavy atom. The Kier molecular flexibility index (Phi) is 3.89. The number of hydrogen-bond acceptors (Lipinski definition) is 4. The van der Waals surface area contributed by atoms with Gasteiger partial charge in [0.25, 0.3) is 5.91 Å². The molecule has 0 spiro atoms. The van der Waals surface area contributed by atoms with Gasteiger partial charge >= 0.3 is 6.03 Å². The molecule has 1 aliphatic heterocycles. The van der Waals surface area contributed by atoms with Crippen molar-refractivity contribution in [2.24, 2.45) is 0 Å². The Bertz CT molecular complexity index is 757. The smallest absolute Gasteiger partial charge is 0.329 e. The highest BCUT2D eigenvalue weighted by molar-refractivity contribution is 6.20. The van der Waals surface area contributed by atoms with Crippen molar-refractivity contribution in [1.29, 1.82) is 0 Å². The summed E-state index contributed by atoms with van der Waals surface area (Å²) in [6.07, 6.45) is 0. The molecule has 2 aromatic rings. The molecule has 0 unspecified atom stereocenters. The number of methoxy groups -OCH3 is 1. The number of aryl methyl sites for hydroxylation is 1. The topological polar surface area (TPSA) is 67.9 Å². The van der Waals surface area contributed by atoms with Crippen LogP contribution in [0.3, 0.4) is 0 Å². The number of ether oxygens (including phenoxy) is 2. The van der Waals surface area contributed by atoms with Crippen LogP contribution in [0.5, 0.6) is 17.2 Å². The Morgan fingerprint density at radius 2 is 1.83 bits per heavy atom. The molecule has 6 nitrogen and oxygen atoms in total. The Morgan fingerprint density at radius 1 is 1.09 bits per heavy atom. The van der Waals surface area contributed by atoms with Gasteiger partial charge in [-0.05, 0) is 30.7 Å². The van der Waals surface area contributed by atoms with E-state index in [9.17, 15) is 9.59 Å². The first-order valence-electron chi connectivity index (χ1n) is 7.12. The van der Waals surface area contributed by atoms with E-state index in [1.807, 2.05) is 19.1 Å². The van der Waals surface area contributed by atoms with E-state index in [1.54, 1.807) is 37.4 Å². The molecule has 118 valence electrons. The zero-order chi connectivity index (χ0) is 16.4. The minimum atomic E-state index is -0.448. The van der Waals surface area contributed by atoms with E-state index in [1.165, 1.54) is 0 Å². The number of rotatable bonds is 4. The van der Waals surface area contributed by atoms with Gasteiger partial charge in [0.05, 0.1) is 19.3 Å². The second-order valence-electron chi connectivity index (χ2n) is 5.09. The van der Waals surface area contributed by atoms with Crippen molar-refractivity contribution in [2.45, 2.75) is 6.92 Å². The van der Waals surface area contributed by atoms with Gasteiger partial charge in [0.15, 0.2) is 5.75 Å². The highest BCUT2D eigenvalue weighted by Gasteiger charge is 2.32. The Labute approximate surface area is 133 Å². The lowest BCUT2D eigenvalue weighted by Gasteiger charge is -2.19. The van der Waals surface area contributed by atoms with E-state index in [-0.39, 0.29) is 12.5 Å². The minimum Gasteiger partial charge on any atom is -0.497 e. The third-order valence-electron chi connectivity index (χ3n) is 3.54. The molecule has 0 bridgehead atoms. The SMILES string of the molecule is COc1cccc(Oc2c(C)cccc2N2C(=O)CNC2=O)c1. The Hall–Kier alpha value is -3.02. The fraction of sp³-hybridized carbons (Fsp3) is 0.176. The molecule has 3 amide bonds. The Balaban J connectivity index is 2.01. The number of imide groups is 1. The van der Waals surface area contributed by atoms with Crippen LogP contribution in [0, 0.1) is 6.92 Å². The second-order valence-corrected chi connectivity index (χ2v) is 5.09. The van der Waals surface area contributed by atoms with E-state index in [0.29, 0.717) is 22.9 Å². The zero-order valence-electron chi connectivity index (χ0n) is 12.8. The predicted octanol–water partition coefficient (Wildman–Crippen LogP) is 2.85. The largest absolute Gasteiger partial charge is 0.497 e. The number of para-hydroxylation sites is 1. The molecule has 1 heterocycles. The maximum atomic E-state index is 12.0. The van der Waals surface area contributed by atoms with Crippen molar-refractivity contribution in [3.63, 3.8) is 0 Å². The summed E-state index contributed by atoms with van der Waals surface area (Å²) < 4.78 is 11.1. The van der Waals surface area contributed by atoms with Crippen LogP contribution in [0.15, 0.2) is 42.5 Å². The van der Waals surface area contributed by atoms with Gasteiger partial charge < -0.3 is 14.8 Å². The maximum absolute atomic E-state index is 12.0. The van der Waals surface area contributed by atoms with Gasteiger partial charge in [0.2, 0.25) is 0 Å². The molecular formula is C17H16N2O4. The van der Waals surface area contributed by atoms with Gasteiger partial charge in [-0.1, -0.05) is 18.2 Å². The molecule has 0 radical (unpaired) electrons. The second kappa shape index (κ2) is 6.00. The summed E-state index contributed by atoms with van der Waals surface area (Å²) >= 11 is 0. The monoisotopic (exact) mass is 312 g/mol. The number of anilines is 1. The van der Waals surface area contributed by atoms with Gasteiger partial charge in [-0.2, -0.15) is 0 Å². The average molecular weight is 312 g/mol. The van der Waals surface area contributed by atoms with Gasteiger partial charge in [-0.15, -0.1) is 0 Å². The van der Waals surface area contributed by atoms with E-state index >= 15 is 0 Å². The normalized spacial score (nSPS) is 13.9. The molecule has 2 aromatic carbocycles. The molecule has 1 N–H and O–H groups in total. The van der Waals surface area contributed by atoms with E-state index < -0.39 is 6.03 Å². The number of nitrogens with zero attached hydrogens (tertiary/aromatic N) is 1. The third-order valence-corrected chi connectivity index (χ3v) is 3.54. The maximum Gasteiger partial charge on any atom is 0.329 e. The number of urea groups is 1. The highest BCUT2D eigenvalue weighted by Crippen LogP contribution is 2.37. The van der Waals surface area contributed by atoms with Crippen LogP contribution in [-0.4, -0.2) is 25.6 Å². The molecule has 1 fully saturated rings. The lowest BCUT2D eigenvalue weighted by atomic mass is 10.1. The van der Waals surface area contributed by atoms with Crippen LogP contribution in [0.4, 0.5) is 10.5 Å².